The number of fused-ring (bicyclic) bond motifs is 2. The number of piperidine rings is 1. The zero-order valence-corrected chi connectivity index (χ0v) is 26.4. The predicted octanol–water partition coefficient (Wildman–Crippen LogP) is 5.42. The lowest BCUT2D eigenvalue weighted by atomic mass is 10.0. The number of nitrogens with one attached hydrogen (secondary N) is 1. The quantitative estimate of drug-likeness (QED) is 0.229. The maximum absolute atomic E-state index is 12.9. The van der Waals surface area contributed by atoms with Gasteiger partial charge in [0.2, 0.25) is 5.91 Å². The Kier molecular flexibility index (Phi) is 9.58. The molecule has 0 aliphatic carbocycles. The minimum absolute atomic E-state index is 0.0114. The number of hydrogen-bond acceptors (Lipinski definition) is 8. The monoisotopic (exact) mass is 650 g/mol. The van der Waals surface area contributed by atoms with E-state index >= 15 is 0 Å². The first-order valence-corrected chi connectivity index (χ1v) is 16.5. The number of aryl methyl sites for hydroxylation is 1. The third-order valence-electron chi connectivity index (χ3n) is 8.88. The van der Waals surface area contributed by atoms with E-state index < -0.39 is 12.6 Å². The van der Waals surface area contributed by atoms with Gasteiger partial charge in [-0.2, -0.15) is 18.4 Å². The molecule has 6 rings (SSSR count). The molecule has 4 aromatic rings. The van der Waals surface area contributed by atoms with Crippen LogP contribution in [0.15, 0.2) is 49.3 Å². The van der Waals surface area contributed by atoms with Crippen molar-refractivity contribution in [2.75, 3.05) is 51.1 Å². The molecule has 0 atom stereocenters. The van der Waals surface area contributed by atoms with Crippen LogP contribution in [0.4, 0.5) is 19.0 Å². The summed E-state index contributed by atoms with van der Waals surface area (Å²) in [5, 5.41) is 15.0. The lowest BCUT2D eigenvalue weighted by Gasteiger charge is -2.34. The Morgan fingerprint density at radius 3 is 2.57 bits per heavy atom. The summed E-state index contributed by atoms with van der Waals surface area (Å²) in [4.78, 5) is 27.8. The van der Waals surface area contributed by atoms with Gasteiger partial charge < -0.3 is 14.8 Å². The number of carbonyl (C=O) groups is 1. The number of carbonyl (C=O) groups excluding carboxylic acids is 1. The highest BCUT2D eigenvalue weighted by Gasteiger charge is 2.29. The number of hydrogen-bond donors (Lipinski definition) is 1. The Bertz CT molecular complexity index is 1740. The van der Waals surface area contributed by atoms with E-state index in [0.717, 1.165) is 87.3 Å². The number of thiophene rings is 1. The molecule has 0 unspecified atom stereocenters. The van der Waals surface area contributed by atoms with Gasteiger partial charge in [-0.25, -0.2) is 9.97 Å². The van der Waals surface area contributed by atoms with E-state index in [0.29, 0.717) is 34.8 Å². The average Bonchev–Trinajstić information content (AvgIpc) is 3.61. The predicted molar refractivity (Wildman–Crippen MR) is 174 cm³/mol. The molecular weight excluding hydrogens is 613 g/mol. The maximum Gasteiger partial charge on any atom is 0.393 e. The first kappa shape index (κ1) is 32.0. The summed E-state index contributed by atoms with van der Waals surface area (Å²) in [7, 11) is 0. The number of amides is 1. The number of nitrogens with zero attached hydrogens (tertiary/aromatic N) is 7. The minimum Gasteiger partial charge on any atom is -0.367 e. The fraction of sp³-hybridized carbons (Fsp3) is 0.455. The van der Waals surface area contributed by atoms with Crippen LogP contribution in [-0.2, 0) is 24.3 Å². The van der Waals surface area contributed by atoms with Gasteiger partial charge in [0.25, 0.3) is 0 Å². The topological polar surface area (TPSA) is 93.3 Å². The molecule has 46 heavy (non-hydrogen) atoms. The largest absolute Gasteiger partial charge is 0.393 e. The Morgan fingerprint density at radius 1 is 1.07 bits per heavy atom. The van der Waals surface area contributed by atoms with Crippen molar-refractivity contribution in [3.8, 4) is 6.07 Å². The van der Waals surface area contributed by atoms with Crippen LogP contribution < -0.4 is 5.32 Å². The highest BCUT2D eigenvalue weighted by Crippen LogP contribution is 2.33. The van der Waals surface area contributed by atoms with Crippen molar-refractivity contribution in [1.82, 2.24) is 29.2 Å². The molecule has 2 fully saturated rings. The van der Waals surface area contributed by atoms with Gasteiger partial charge in [0.15, 0.2) is 0 Å². The minimum atomic E-state index is -4.26. The third-order valence-corrected chi connectivity index (χ3v) is 9.93. The van der Waals surface area contributed by atoms with Gasteiger partial charge in [-0.3, -0.25) is 14.6 Å². The van der Waals surface area contributed by atoms with Gasteiger partial charge in [-0.05, 0) is 61.7 Å². The molecule has 2 aliphatic rings. The van der Waals surface area contributed by atoms with Gasteiger partial charge in [0.1, 0.15) is 28.7 Å². The number of anilines is 1. The van der Waals surface area contributed by atoms with Crippen LogP contribution >= 0.6 is 11.3 Å². The number of nitriles is 1. The number of alkyl halides is 3. The van der Waals surface area contributed by atoms with E-state index in [4.69, 9.17) is 0 Å². The maximum atomic E-state index is 12.9. The second kappa shape index (κ2) is 13.8. The Labute approximate surface area is 269 Å². The van der Waals surface area contributed by atoms with Crippen molar-refractivity contribution in [3.63, 3.8) is 0 Å². The summed E-state index contributed by atoms with van der Waals surface area (Å²) in [6.07, 6.45) is 0.265. The SMILES string of the molecule is C=CC(=O)N1CCN(CCCn2c(C#N)cc3cc(CN4CCC(Nc5ncnc6sc(CC(F)(F)F)cc56)CC4)ccc32)CC1. The fourth-order valence-corrected chi connectivity index (χ4v) is 7.54. The molecule has 5 heterocycles. The molecule has 1 N–H and O–H groups in total. The normalized spacial score (nSPS) is 17.0. The van der Waals surface area contributed by atoms with E-state index in [-0.39, 0.29) is 16.8 Å². The van der Waals surface area contributed by atoms with Gasteiger partial charge in [0.05, 0.1) is 11.8 Å². The summed E-state index contributed by atoms with van der Waals surface area (Å²) in [6, 6.07) is 12.5. The highest BCUT2D eigenvalue weighted by molar-refractivity contribution is 7.18. The Morgan fingerprint density at radius 2 is 1.85 bits per heavy atom. The van der Waals surface area contributed by atoms with E-state index in [9.17, 15) is 23.2 Å². The molecule has 242 valence electrons. The zero-order chi connectivity index (χ0) is 32.3. The smallest absolute Gasteiger partial charge is 0.367 e. The molecule has 0 radical (unpaired) electrons. The molecule has 0 spiro atoms. The fourth-order valence-electron chi connectivity index (χ4n) is 6.52. The van der Waals surface area contributed by atoms with Crippen molar-refractivity contribution >= 4 is 44.2 Å². The van der Waals surface area contributed by atoms with E-state index in [1.165, 1.54) is 18.0 Å². The first-order chi connectivity index (χ1) is 22.2. The van der Waals surface area contributed by atoms with Gasteiger partial charge >= 0.3 is 6.18 Å². The van der Waals surface area contributed by atoms with Crippen molar-refractivity contribution in [1.29, 1.82) is 5.26 Å². The van der Waals surface area contributed by atoms with Crippen LogP contribution in [0.2, 0.25) is 0 Å². The molecule has 2 aliphatic heterocycles. The second-order valence-corrected chi connectivity index (χ2v) is 13.2. The van der Waals surface area contributed by atoms with Crippen molar-refractivity contribution in [2.24, 2.45) is 0 Å². The molecule has 13 heteroatoms. The standard InChI is InChI=1S/C33H37F3N8OS/c1-2-30(45)43-14-12-41(13-15-43)8-3-9-44-26(20-37)17-24-16-23(4-5-29(24)44)21-42-10-6-25(7-11-42)40-31-28-18-27(19-33(34,35)36)46-32(28)39-22-38-31/h2,4-5,16-18,22,25H,1,3,6-15,19,21H2,(H,38,39,40). The van der Waals surface area contributed by atoms with Crippen molar-refractivity contribution in [2.45, 2.75) is 51.0 Å². The average molecular weight is 651 g/mol. The Balaban J connectivity index is 1.01. The van der Waals surface area contributed by atoms with Crippen LogP contribution in [0.1, 0.15) is 35.4 Å². The molecule has 1 amide bonds. The molecule has 9 nitrogen and oxygen atoms in total. The second-order valence-electron chi connectivity index (χ2n) is 12.1. The third kappa shape index (κ3) is 7.52. The Hall–Kier alpha value is -3.99. The van der Waals surface area contributed by atoms with E-state index in [1.807, 2.05) is 11.0 Å². The summed E-state index contributed by atoms with van der Waals surface area (Å²) in [6.45, 7) is 10.9. The summed E-state index contributed by atoms with van der Waals surface area (Å²) in [5.74, 6) is 0.585. The summed E-state index contributed by atoms with van der Waals surface area (Å²) < 4.78 is 40.8. The molecule has 0 saturated carbocycles. The summed E-state index contributed by atoms with van der Waals surface area (Å²) in [5.41, 5.74) is 2.92. The van der Waals surface area contributed by atoms with E-state index in [2.05, 4.69) is 60.5 Å². The van der Waals surface area contributed by atoms with Crippen molar-refractivity contribution < 1.29 is 18.0 Å². The number of likely N-dealkylation sites (tertiary alicyclic amines) is 1. The number of benzene rings is 1. The number of rotatable bonds is 10. The lowest BCUT2D eigenvalue weighted by Crippen LogP contribution is -2.48. The van der Waals surface area contributed by atoms with Gasteiger partial charge in [0, 0.05) is 74.2 Å². The van der Waals surface area contributed by atoms with Crippen LogP contribution in [0.3, 0.4) is 0 Å². The number of aromatic nitrogens is 3. The van der Waals surface area contributed by atoms with Crippen LogP contribution in [-0.4, -0.2) is 93.2 Å². The summed E-state index contributed by atoms with van der Waals surface area (Å²) >= 11 is 1.06. The molecule has 2 saturated heterocycles. The number of halogens is 3. The number of piperazine rings is 1. The lowest BCUT2D eigenvalue weighted by molar-refractivity contribution is -0.128. The first-order valence-electron chi connectivity index (χ1n) is 15.6. The van der Waals surface area contributed by atoms with E-state index in [1.54, 1.807) is 6.07 Å². The van der Waals surface area contributed by atoms with Gasteiger partial charge in [-0.1, -0.05) is 12.6 Å². The van der Waals surface area contributed by atoms with Crippen LogP contribution in [0, 0.1) is 11.3 Å². The van der Waals surface area contributed by atoms with Crippen LogP contribution in [0.5, 0.6) is 0 Å². The van der Waals surface area contributed by atoms with Crippen molar-refractivity contribution in [3.05, 3.63) is 65.4 Å². The molecule has 3 aromatic heterocycles. The highest BCUT2D eigenvalue weighted by atomic mass is 32.1. The molecular formula is C33H37F3N8OS. The molecule has 1 aromatic carbocycles. The zero-order valence-electron chi connectivity index (χ0n) is 25.6. The van der Waals surface area contributed by atoms with Gasteiger partial charge in [-0.15, -0.1) is 11.3 Å². The van der Waals surface area contributed by atoms with Crippen LogP contribution in [0.25, 0.3) is 21.1 Å². The molecule has 0 bridgehead atoms.